The van der Waals surface area contributed by atoms with Gasteiger partial charge < -0.3 is 10.3 Å². The molecule has 5 heteroatoms. The van der Waals surface area contributed by atoms with Crippen LogP contribution in [-0.4, -0.2) is 16.5 Å². The van der Waals surface area contributed by atoms with Gasteiger partial charge in [-0.3, -0.25) is 4.79 Å². The molecule has 0 fully saturated rings. The molecular formula is C12H20ClN3O. The Kier molecular flexibility index (Phi) is 6.70. The molecule has 0 aliphatic heterocycles. The van der Waals surface area contributed by atoms with Crippen molar-refractivity contribution in [2.75, 3.05) is 11.9 Å². The number of H-pyrrole nitrogens is 1. The first-order chi connectivity index (χ1) is 8.25. The number of nitrogens with zero attached hydrogens (tertiary/aromatic N) is 1. The molecular weight excluding hydrogens is 238 g/mol. The average Bonchev–Trinajstić information content (AvgIpc) is 2.33. The molecule has 0 aliphatic carbocycles. The van der Waals surface area contributed by atoms with Gasteiger partial charge in [0.05, 0.1) is 6.33 Å². The molecule has 0 spiro atoms. The van der Waals surface area contributed by atoms with Crippen molar-refractivity contribution in [1.82, 2.24) is 9.97 Å². The van der Waals surface area contributed by atoms with E-state index in [0.29, 0.717) is 5.82 Å². The number of hydrogen-bond donors (Lipinski definition) is 2. The number of nitrogens with one attached hydrogen (secondary N) is 2. The van der Waals surface area contributed by atoms with Gasteiger partial charge in [-0.2, -0.15) is 0 Å². The first-order valence-corrected chi connectivity index (χ1v) is 6.60. The van der Waals surface area contributed by atoms with Gasteiger partial charge in [-0.25, -0.2) is 4.98 Å². The summed E-state index contributed by atoms with van der Waals surface area (Å²) in [6.07, 6.45) is 8.80. The number of anilines is 1. The lowest BCUT2D eigenvalue weighted by Gasteiger charge is -2.06. The van der Waals surface area contributed by atoms with Crippen molar-refractivity contribution < 1.29 is 0 Å². The van der Waals surface area contributed by atoms with Gasteiger partial charge >= 0.3 is 0 Å². The topological polar surface area (TPSA) is 57.8 Å². The molecule has 0 radical (unpaired) electrons. The summed E-state index contributed by atoms with van der Waals surface area (Å²) in [6.45, 7) is 3.02. The molecule has 1 rings (SSSR count). The van der Waals surface area contributed by atoms with E-state index in [1.165, 1.54) is 38.4 Å². The molecule has 0 aliphatic rings. The Balaban J connectivity index is 2.18. The van der Waals surface area contributed by atoms with Crippen LogP contribution in [0.25, 0.3) is 0 Å². The van der Waals surface area contributed by atoms with Crippen molar-refractivity contribution >= 4 is 17.4 Å². The Morgan fingerprint density at radius 2 is 2.00 bits per heavy atom. The van der Waals surface area contributed by atoms with E-state index in [0.717, 1.165) is 13.0 Å². The van der Waals surface area contributed by atoms with Crippen LogP contribution in [0.4, 0.5) is 5.82 Å². The minimum atomic E-state index is -0.299. The van der Waals surface area contributed by atoms with Gasteiger partial charge in [0.15, 0.2) is 5.82 Å². The normalized spacial score (nSPS) is 10.5. The van der Waals surface area contributed by atoms with Gasteiger partial charge in [-0.05, 0) is 6.42 Å². The summed E-state index contributed by atoms with van der Waals surface area (Å²) < 4.78 is 0. The highest BCUT2D eigenvalue weighted by Crippen LogP contribution is 2.12. The van der Waals surface area contributed by atoms with E-state index in [4.69, 9.17) is 11.6 Å². The van der Waals surface area contributed by atoms with E-state index in [1.54, 1.807) is 0 Å². The van der Waals surface area contributed by atoms with E-state index in [1.807, 2.05) is 0 Å². The highest BCUT2D eigenvalue weighted by atomic mass is 35.5. The molecule has 0 aromatic carbocycles. The van der Waals surface area contributed by atoms with Crippen LogP contribution in [-0.2, 0) is 0 Å². The second kappa shape index (κ2) is 8.12. The summed E-state index contributed by atoms with van der Waals surface area (Å²) in [4.78, 5) is 17.6. The third-order valence-corrected chi connectivity index (χ3v) is 2.97. The summed E-state index contributed by atoms with van der Waals surface area (Å²) in [5.41, 5.74) is -0.299. The fraction of sp³-hybridized carbons (Fsp3) is 0.667. The van der Waals surface area contributed by atoms with E-state index >= 15 is 0 Å². The Morgan fingerprint density at radius 3 is 2.76 bits per heavy atom. The van der Waals surface area contributed by atoms with Gasteiger partial charge in [0, 0.05) is 6.54 Å². The second-order valence-electron chi connectivity index (χ2n) is 4.09. The van der Waals surface area contributed by atoms with Crippen LogP contribution < -0.4 is 10.9 Å². The zero-order valence-electron chi connectivity index (χ0n) is 10.3. The second-order valence-corrected chi connectivity index (χ2v) is 4.47. The van der Waals surface area contributed by atoms with Gasteiger partial charge in [0.25, 0.3) is 5.56 Å². The molecule has 0 amide bonds. The molecule has 2 N–H and O–H groups in total. The highest BCUT2D eigenvalue weighted by Gasteiger charge is 2.03. The molecule has 96 valence electrons. The van der Waals surface area contributed by atoms with E-state index in [-0.39, 0.29) is 10.6 Å². The summed E-state index contributed by atoms with van der Waals surface area (Å²) in [7, 11) is 0. The highest BCUT2D eigenvalue weighted by molar-refractivity contribution is 6.32. The maximum Gasteiger partial charge on any atom is 0.271 e. The molecule has 1 heterocycles. The van der Waals surface area contributed by atoms with Crippen LogP contribution in [0.5, 0.6) is 0 Å². The summed E-state index contributed by atoms with van der Waals surface area (Å²) in [6, 6.07) is 0. The van der Waals surface area contributed by atoms with Gasteiger partial charge in [0.1, 0.15) is 5.02 Å². The Bertz CT molecular complexity index is 378. The molecule has 1 aromatic heterocycles. The van der Waals surface area contributed by atoms with Crippen molar-refractivity contribution in [3.63, 3.8) is 0 Å². The van der Waals surface area contributed by atoms with Crippen LogP contribution in [0.2, 0.25) is 5.02 Å². The van der Waals surface area contributed by atoms with Crippen molar-refractivity contribution in [3.8, 4) is 0 Å². The standard InChI is InChI=1S/C12H20ClN3O/c1-2-3-4-5-6-7-8-14-11-10(13)12(17)16-9-15-11/h9H,2-8H2,1H3,(H2,14,15,16,17). The third kappa shape index (κ3) is 5.22. The van der Waals surface area contributed by atoms with Crippen molar-refractivity contribution in [3.05, 3.63) is 21.7 Å². The number of hydrogen-bond acceptors (Lipinski definition) is 3. The summed E-state index contributed by atoms with van der Waals surface area (Å²) in [5.74, 6) is 0.476. The molecule has 4 nitrogen and oxygen atoms in total. The number of aromatic amines is 1. The number of halogens is 1. The first-order valence-electron chi connectivity index (χ1n) is 6.22. The molecule has 0 bridgehead atoms. The smallest absolute Gasteiger partial charge is 0.271 e. The zero-order valence-corrected chi connectivity index (χ0v) is 11.0. The molecule has 0 saturated carbocycles. The monoisotopic (exact) mass is 257 g/mol. The van der Waals surface area contributed by atoms with Crippen molar-refractivity contribution in [1.29, 1.82) is 0 Å². The van der Waals surface area contributed by atoms with E-state index < -0.39 is 0 Å². The Morgan fingerprint density at radius 1 is 1.29 bits per heavy atom. The van der Waals surface area contributed by atoms with Gasteiger partial charge in [-0.1, -0.05) is 50.6 Å². The third-order valence-electron chi connectivity index (χ3n) is 2.62. The lowest BCUT2D eigenvalue weighted by atomic mass is 10.1. The maximum absolute atomic E-state index is 11.2. The summed E-state index contributed by atoms with van der Waals surface area (Å²) >= 11 is 5.81. The first kappa shape index (κ1) is 14.0. The fourth-order valence-electron chi connectivity index (χ4n) is 1.62. The van der Waals surface area contributed by atoms with Gasteiger partial charge in [-0.15, -0.1) is 0 Å². The molecule has 0 atom stereocenters. The lowest BCUT2D eigenvalue weighted by molar-refractivity contribution is 0.616. The minimum Gasteiger partial charge on any atom is -0.369 e. The van der Waals surface area contributed by atoms with Crippen LogP contribution in [0.1, 0.15) is 45.4 Å². The molecule has 17 heavy (non-hydrogen) atoms. The number of aromatic nitrogens is 2. The van der Waals surface area contributed by atoms with Crippen LogP contribution in [0.3, 0.4) is 0 Å². The Labute approximate surface area is 107 Å². The number of unbranched alkanes of at least 4 members (excludes halogenated alkanes) is 5. The minimum absolute atomic E-state index is 0.137. The van der Waals surface area contributed by atoms with Crippen molar-refractivity contribution in [2.24, 2.45) is 0 Å². The largest absolute Gasteiger partial charge is 0.369 e. The molecule has 0 unspecified atom stereocenters. The molecule has 1 aromatic rings. The SMILES string of the molecule is CCCCCCCCNc1nc[nH]c(=O)c1Cl. The quantitative estimate of drug-likeness (QED) is 0.703. The predicted molar refractivity (Wildman–Crippen MR) is 71.7 cm³/mol. The average molecular weight is 258 g/mol. The molecule has 0 saturated heterocycles. The van der Waals surface area contributed by atoms with Crippen LogP contribution in [0, 0.1) is 0 Å². The van der Waals surface area contributed by atoms with Crippen LogP contribution in [0.15, 0.2) is 11.1 Å². The lowest BCUT2D eigenvalue weighted by Crippen LogP contribution is -2.12. The van der Waals surface area contributed by atoms with E-state index in [2.05, 4.69) is 22.2 Å². The zero-order chi connectivity index (χ0) is 12.5. The fourth-order valence-corrected chi connectivity index (χ4v) is 1.79. The van der Waals surface area contributed by atoms with Crippen LogP contribution >= 0.6 is 11.6 Å². The summed E-state index contributed by atoms with van der Waals surface area (Å²) in [5, 5.41) is 3.22. The predicted octanol–water partition coefficient (Wildman–Crippen LogP) is 3.20. The van der Waals surface area contributed by atoms with Crippen molar-refractivity contribution in [2.45, 2.75) is 45.4 Å². The number of rotatable bonds is 8. The Hall–Kier alpha value is -1.03. The van der Waals surface area contributed by atoms with E-state index in [9.17, 15) is 4.79 Å². The van der Waals surface area contributed by atoms with Gasteiger partial charge in [0.2, 0.25) is 0 Å². The maximum atomic E-state index is 11.2.